The first kappa shape index (κ1) is 15.0. The second-order valence-corrected chi connectivity index (χ2v) is 7.22. The number of ether oxygens (including phenoxy) is 1. The minimum atomic E-state index is -3.54. The molecule has 6 heteroatoms. The molecule has 20 heavy (non-hydrogen) atoms. The van der Waals surface area contributed by atoms with Crippen LogP contribution in [0.1, 0.15) is 35.7 Å². The first-order chi connectivity index (χ1) is 9.29. The molecule has 2 unspecified atom stereocenters. The summed E-state index contributed by atoms with van der Waals surface area (Å²) in [5, 5.41) is 8.97. The smallest absolute Gasteiger partial charge is 0.335 e. The van der Waals surface area contributed by atoms with Crippen LogP contribution in [0.4, 0.5) is 0 Å². The van der Waals surface area contributed by atoms with Crippen LogP contribution in [0, 0.1) is 6.92 Å². The van der Waals surface area contributed by atoms with Gasteiger partial charge in [-0.1, -0.05) is 6.07 Å². The summed E-state index contributed by atoms with van der Waals surface area (Å²) in [6, 6.07) is 4.16. The van der Waals surface area contributed by atoms with Crippen LogP contribution >= 0.6 is 0 Å². The van der Waals surface area contributed by atoms with Crippen molar-refractivity contribution in [2.75, 3.05) is 5.75 Å². The van der Waals surface area contributed by atoms with Gasteiger partial charge < -0.3 is 9.84 Å². The summed E-state index contributed by atoms with van der Waals surface area (Å²) in [4.78, 5) is 11.0. The molecule has 1 saturated heterocycles. The van der Waals surface area contributed by atoms with Gasteiger partial charge in [0.1, 0.15) is 0 Å². The highest BCUT2D eigenvalue weighted by molar-refractivity contribution is 7.91. The third-order valence-corrected chi connectivity index (χ3v) is 5.42. The number of hydrogen-bond acceptors (Lipinski definition) is 4. The molecule has 1 fully saturated rings. The van der Waals surface area contributed by atoms with Crippen molar-refractivity contribution in [3.8, 4) is 0 Å². The molecule has 0 aromatic heterocycles. The third-order valence-electron chi connectivity index (χ3n) is 3.50. The van der Waals surface area contributed by atoms with Gasteiger partial charge >= 0.3 is 5.97 Å². The average molecular weight is 298 g/mol. The summed E-state index contributed by atoms with van der Waals surface area (Å²) < 4.78 is 30.4. The van der Waals surface area contributed by atoms with E-state index in [-0.39, 0.29) is 28.4 Å². The van der Waals surface area contributed by atoms with Crippen molar-refractivity contribution in [2.24, 2.45) is 0 Å². The summed E-state index contributed by atoms with van der Waals surface area (Å²) in [5.41, 5.74) is 0.538. The molecule has 0 bridgehead atoms. The van der Waals surface area contributed by atoms with Crippen LogP contribution in [0.3, 0.4) is 0 Å². The Labute approximate surface area is 118 Å². The molecular formula is C14H18O5S. The molecule has 1 N–H and O–H groups in total. The highest BCUT2D eigenvalue weighted by Gasteiger charge is 2.29. The number of rotatable bonds is 4. The predicted octanol–water partition coefficient (Wildman–Crippen LogP) is 2.03. The van der Waals surface area contributed by atoms with Crippen molar-refractivity contribution >= 4 is 15.8 Å². The van der Waals surface area contributed by atoms with Gasteiger partial charge in [-0.15, -0.1) is 0 Å². The van der Waals surface area contributed by atoms with Crippen molar-refractivity contribution < 1.29 is 23.1 Å². The molecule has 1 aliphatic rings. The average Bonchev–Trinajstić information content (AvgIpc) is 2.73. The lowest BCUT2D eigenvalue weighted by atomic mass is 10.1. The Kier molecular flexibility index (Phi) is 4.15. The van der Waals surface area contributed by atoms with Gasteiger partial charge in [0.05, 0.1) is 28.4 Å². The van der Waals surface area contributed by atoms with Gasteiger partial charge in [0.15, 0.2) is 9.84 Å². The van der Waals surface area contributed by atoms with E-state index in [1.807, 2.05) is 6.92 Å². The van der Waals surface area contributed by atoms with E-state index in [2.05, 4.69) is 0 Å². The molecule has 5 nitrogen and oxygen atoms in total. The maximum Gasteiger partial charge on any atom is 0.335 e. The lowest BCUT2D eigenvalue weighted by molar-refractivity contribution is 0.0688. The van der Waals surface area contributed by atoms with Gasteiger partial charge in [-0.2, -0.15) is 0 Å². The second kappa shape index (κ2) is 5.54. The highest BCUT2D eigenvalue weighted by Crippen LogP contribution is 2.25. The Bertz CT molecular complexity index is 620. The normalized spacial score (nSPS) is 22.9. The van der Waals surface area contributed by atoms with Gasteiger partial charge in [-0.25, -0.2) is 13.2 Å². The van der Waals surface area contributed by atoms with Crippen LogP contribution in [-0.2, 0) is 14.6 Å². The maximum atomic E-state index is 12.4. The Morgan fingerprint density at radius 1 is 1.40 bits per heavy atom. The topological polar surface area (TPSA) is 80.7 Å². The zero-order chi connectivity index (χ0) is 14.9. The Hall–Kier alpha value is -1.40. The molecule has 0 aliphatic carbocycles. The maximum absolute atomic E-state index is 12.4. The molecule has 0 radical (unpaired) electrons. The Morgan fingerprint density at radius 2 is 2.10 bits per heavy atom. The summed E-state index contributed by atoms with van der Waals surface area (Å²) in [5.74, 6) is -1.23. The molecule has 1 aliphatic heterocycles. The fourth-order valence-corrected chi connectivity index (χ4v) is 4.19. The SMILES string of the molecule is Cc1ccc(C(=O)O)cc1S(=O)(=O)CC1CCC(C)O1. The zero-order valence-corrected chi connectivity index (χ0v) is 12.3. The molecule has 2 rings (SSSR count). The van der Waals surface area contributed by atoms with Crippen LogP contribution < -0.4 is 0 Å². The van der Waals surface area contributed by atoms with Crippen LogP contribution in [0.15, 0.2) is 23.1 Å². The first-order valence-electron chi connectivity index (χ1n) is 6.52. The van der Waals surface area contributed by atoms with E-state index >= 15 is 0 Å². The summed E-state index contributed by atoms with van der Waals surface area (Å²) in [7, 11) is -3.54. The highest BCUT2D eigenvalue weighted by atomic mass is 32.2. The van der Waals surface area contributed by atoms with E-state index in [0.717, 1.165) is 12.8 Å². The Balaban J connectivity index is 2.29. The molecule has 1 aromatic rings. The van der Waals surface area contributed by atoms with Crippen LogP contribution in [0.25, 0.3) is 0 Å². The number of benzene rings is 1. The number of carbonyl (C=O) groups is 1. The summed E-state index contributed by atoms with van der Waals surface area (Å²) >= 11 is 0. The molecule has 0 spiro atoms. The van der Waals surface area contributed by atoms with Gasteiger partial charge in [0.2, 0.25) is 0 Å². The van der Waals surface area contributed by atoms with Crippen molar-refractivity contribution in [3.05, 3.63) is 29.3 Å². The fourth-order valence-electron chi connectivity index (χ4n) is 2.41. The minimum absolute atomic E-state index is 0.0186. The number of aromatic carboxylic acids is 1. The Morgan fingerprint density at radius 3 is 2.65 bits per heavy atom. The molecular weight excluding hydrogens is 280 g/mol. The molecule has 1 heterocycles. The third kappa shape index (κ3) is 3.19. The van der Waals surface area contributed by atoms with E-state index in [0.29, 0.717) is 5.56 Å². The minimum Gasteiger partial charge on any atom is -0.478 e. The van der Waals surface area contributed by atoms with Crippen molar-refractivity contribution in [1.29, 1.82) is 0 Å². The van der Waals surface area contributed by atoms with Gasteiger partial charge in [0, 0.05) is 0 Å². The zero-order valence-electron chi connectivity index (χ0n) is 11.5. The standard InChI is InChI=1S/C14H18O5S/c1-9-3-5-11(14(15)16)7-13(9)20(17,18)8-12-6-4-10(2)19-12/h3,5,7,10,12H,4,6,8H2,1-2H3,(H,15,16). The van der Waals surface area contributed by atoms with Crippen molar-refractivity contribution in [2.45, 2.75) is 43.8 Å². The number of sulfone groups is 1. The van der Waals surface area contributed by atoms with E-state index in [1.54, 1.807) is 6.92 Å². The number of hydrogen-bond donors (Lipinski definition) is 1. The quantitative estimate of drug-likeness (QED) is 0.920. The van der Waals surface area contributed by atoms with Crippen LogP contribution in [-0.4, -0.2) is 37.5 Å². The lowest BCUT2D eigenvalue weighted by Gasteiger charge is -2.13. The summed E-state index contributed by atoms with van der Waals surface area (Å²) in [6.07, 6.45) is 1.36. The van der Waals surface area contributed by atoms with E-state index in [1.165, 1.54) is 18.2 Å². The summed E-state index contributed by atoms with van der Waals surface area (Å²) in [6.45, 7) is 3.58. The molecule has 2 atom stereocenters. The van der Waals surface area contributed by atoms with E-state index in [9.17, 15) is 13.2 Å². The number of carboxylic acid groups (broad SMARTS) is 1. The molecule has 1 aromatic carbocycles. The van der Waals surface area contributed by atoms with E-state index < -0.39 is 15.8 Å². The first-order valence-corrected chi connectivity index (χ1v) is 8.17. The van der Waals surface area contributed by atoms with Gasteiger partial charge in [-0.05, 0) is 44.4 Å². The molecule has 110 valence electrons. The monoisotopic (exact) mass is 298 g/mol. The molecule has 0 amide bonds. The number of aryl methyl sites for hydroxylation is 1. The predicted molar refractivity (Wildman–Crippen MR) is 73.8 cm³/mol. The second-order valence-electron chi connectivity index (χ2n) is 5.21. The van der Waals surface area contributed by atoms with E-state index in [4.69, 9.17) is 9.84 Å². The van der Waals surface area contributed by atoms with Crippen molar-refractivity contribution in [1.82, 2.24) is 0 Å². The van der Waals surface area contributed by atoms with Crippen molar-refractivity contribution in [3.63, 3.8) is 0 Å². The lowest BCUT2D eigenvalue weighted by Crippen LogP contribution is -2.22. The van der Waals surface area contributed by atoms with Crippen LogP contribution in [0.2, 0.25) is 0 Å². The molecule has 0 saturated carbocycles. The van der Waals surface area contributed by atoms with Gasteiger partial charge in [0.25, 0.3) is 0 Å². The van der Waals surface area contributed by atoms with Crippen LogP contribution in [0.5, 0.6) is 0 Å². The number of carboxylic acids is 1. The fraction of sp³-hybridized carbons (Fsp3) is 0.500. The van der Waals surface area contributed by atoms with Gasteiger partial charge in [-0.3, -0.25) is 0 Å². The largest absolute Gasteiger partial charge is 0.478 e.